The number of hydrogen-bond acceptors (Lipinski definition) is 6. The summed E-state index contributed by atoms with van der Waals surface area (Å²) < 4.78 is 0. The van der Waals surface area contributed by atoms with Gasteiger partial charge in [-0.3, -0.25) is 4.79 Å². The maximum atomic E-state index is 10.8. The summed E-state index contributed by atoms with van der Waals surface area (Å²) in [5, 5.41) is 14.0. The van der Waals surface area contributed by atoms with E-state index in [2.05, 4.69) is 20.1 Å². The molecule has 2 unspecified atom stereocenters. The molecule has 0 bridgehead atoms. The van der Waals surface area contributed by atoms with Crippen molar-refractivity contribution >= 4 is 52.5 Å². The molecule has 32 heavy (non-hydrogen) atoms. The summed E-state index contributed by atoms with van der Waals surface area (Å²) in [6.45, 7) is 7.13. The summed E-state index contributed by atoms with van der Waals surface area (Å²) in [6.07, 6.45) is 1.15. The highest BCUT2D eigenvalue weighted by Crippen LogP contribution is 2.37. The standard InChI is InChI=1S/C22H26Cl3N5O2/c1-12(16-4-3-15(23)9-17(16)24)26-21-20(25)13(2)27-22(28-21)30-11-14-10-29(7-5-18(14)30)8-6-19(31)32/h3-4,9,12,14,18H,5-8,10-11H2,1-2H3,(H,31,32)(H,26,27,28)/t12-,14?,18?/m1/s1. The summed E-state index contributed by atoms with van der Waals surface area (Å²) >= 11 is 18.9. The van der Waals surface area contributed by atoms with E-state index in [9.17, 15) is 4.79 Å². The van der Waals surface area contributed by atoms with E-state index >= 15 is 0 Å². The van der Waals surface area contributed by atoms with Crippen LogP contribution in [0.25, 0.3) is 0 Å². The lowest BCUT2D eigenvalue weighted by Crippen LogP contribution is -2.64. The molecule has 1 aromatic heterocycles. The Balaban J connectivity index is 1.46. The molecular weight excluding hydrogens is 473 g/mol. The monoisotopic (exact) mass is 497 g/mol. The van der Waals surface area contributed by atoms with Gasteiger partial charge in [-0.1, -0.05) is 40.9 Å². The van der Waals surface area contributed by atoms with Crippen LogP contribution < -0.4 is 10.2 Å². The fraction of sp³-hybridized carbons (Fsp3) is 0.500. The molecule has 2 aromatic rings. The predicted octanol–water partition coefficient (Wildman–Crippen LogP) is 4.90. The number of fused-ring (bicyclic) bond motifs is 1. The zero-order valence-corrected chi connectivity index (χ0v) is 20.3. The minimum Gasteiger partial charge on any atom is -0.481 e. The molecule has 7 nitrogen and oxygen atoms in total. The van der Waals surface area contributed by atoms with Crippen LogP contribution in [0.4, 0.5) is 11.8 Å². The molecule has 10 heteroatoms. The van der Waals surface area contributed by atoms with Gasteiger partial charge in [0.2, 0.25) is 5.95 Å². The Labute approximate surface area is 202 Å². The molecule has 2 aliphatic heterocycles. The number of piperidine rings is 1. The first-order valence-corrected chi connectivity index (χ1v) is 11.8. The number of anilines is 2. The largest absolute Gasteiger partial charge is 0.481 e. The van der Waals surface area contributed by atoms with E-state index in [1.807, 2.05) is 26.0 Å². The zero-order chi connectivity index (χ0) is 23.0. The Morgan fingerprint density at radius 3 is 2.75 bits per heavy atom. The average Bonchev–Trinajstić information content (AvgIpc) is 2.71. The van der Waals surface area contributed by atoms with Crippen molar-refractivity contribution < 1.29 is 9.90 Å². The summed E-state index contributed by atoms with van der Waals surface area (Å²) in [7, 11) is 0. The molecule has 2 saturated heterocycles. The molecule has 4 rings (SSSR count). The van der Waals surface area contributed by atoms with E-state index in [4.69, 9.17) is 44.9 Å². The quantitative estimate of drug-likeness (QED) is 0.561. The van der Waals surface area contributed by atoms with E-state index in [-0.39, 0.29) is 12.5 Å². The number of carboxylic acids is 1. The number of hydrogen-bond donors (Lipinski definition) is 2. The molecule has 2 fully saturated rings. The second-order valence-electron chi connectivity index (χ2n) is 8.52. The highest BCUT2D eigenvalue weighted by Gasteiger charge is 2.44. The van der Waals surface area contributed by atoms with Crippen molar-refractivity contribution in [3.8, 4) is 0 Å². The number of rotatable bonds is 7. The van der Waals surface area contributed by atoms with Crippen LogP contribution in [0.1, 0.15) is 37.1 Å². The van der Waals surface area contributed by atoms with Crippen LogP contribution in [0.5, 0.6) is 0 Å². The third-order valence-electron chi connectivity index (χ3n) is 6.30. The lowest BCUT2D eigenvalue weighted by atomic mass is 9.83. The van der Waals surface area contributed by atoms with Crippen LogP contribution >= 0.6 is 34.8 Å². The first kappa shape index (κ1) is 23.4. The van der Waals surface area contributed by atoms with E-state index in [1.54, 1.807) is 6.07 Å². The molecule has 1 aromatic carbocycles. The molecule has 0 amide bonds. The highest BCUT2D eigenvalue weighted by atomic mass is 35.5. The molecule has 0 spiro atoms. The Kier molecular flexibility index (Phi) is 7.00. The second-order valence-corrected chi connectivity index (χ2v) is 9.74. The topological polar surface area (TPSA) is 81.6 Å². The summed E-state index contributed by atoms with van der Waals surface area (Å²) in [5.41, 5.74) is 1.62. The number of nitrogens with zero attached hydrogens (tertiary/aromatic N) is 4. The van der Waals surface area contributed by atoms with Crippen molar-refractivity contribution in [1.29, 1.82) is 0 Å². The van der Waals surface area contributed by atoms with Gasteiger partial charge in [-0.2, -0.15) is 4.98 Å². The van der Waals surface area contributed by atoms with Gasteiger partial charge >= 0.3 is 5.97 Å². The summed E-state index contributed by atoms with van der Waals surface area (Å²) in [6, 6.07) is 5.66. The van der Waals surface area contributed by atoms with Crippen molar-refractivity contribution in [1.82, 2.24) is 14.9 Å². The van der Waals surface area contributed by atoms with Crippen molar-refractivity contribution in [3.05, 3.63) is 44.5 Å². The number of halogens is 3. The normalized spacial score (nSPS) is 21.6. The molecule has 0 aliphatic carbocycles. The number of aliphatic carboxylic acids is 1. The van der Waals surface area contributed by atoms with Gasteiger partial charge in [-0.25, -0.2) is 4.98 Å². The van der Waals surface area contributed by atoms with Crippen LogP contribution in [0.15, 0.2) is 18.2 Å². The maximum absolute atomic E-state index is 10.8. The van der Waals surface area contributed by atoms with Crippen LogP contribution in [0.3, 0.4) is 0 Å². The Hall–Kier alpha value is -1.80. The van der Waals surface area contributed by atoms with E-state index in [0.29, 0.717) is 45.3 Å². The van der Waals surface area contributed by atoms with E-state index in [0.717, 1.165) is 37.3 Å². The van der Waals surface area contributed by atoms with Gasteiger partial charge in [0.05, 0.1) is 18.2 Å². The number of aryl methyl sites for hydroxylation is 1. The average molecular weight is 499 g/mol. The van der Waals surface area contributed by atoms with Crippen molar-refractivity contribution in [3.63, 3.8) is 0 Å². The second kappa shape index (κ2) is 9.59. The van der Waals surface area contributed by atoms with Crippen LogP contribution in [-0.4, -0.2) is 58.2 Å². The van der Waals surface area contributed by atoms with Gasteiger partial charge in [0.15, 0.2) is 5.82 Å². The number of carbonyl (C=O) groups is 1. The summed E-state index contributed by atoms with van der Waals surface area (Å²) in [5.74, 6) is 1.00. The number of aromatic nitrogens is 2. The summed E-state index contributed by atoms with van der Waals surface area (Å²) in [4.78, 5) is 24.7. The van der Waals surface area contributed by atoms with Crippen LogP contribution in [0.2, 0.25) is 15.1 Å². The minimum absolute atomic E-state index is 0.124. The molecule has 172 valence electrons. The Morgan fingerprint density at radius 2 is 2.06 bits per heavy atom. The maximum Gasteiger partial charge on any atom is 0.304 e. The van der Waals surface area contributed by atoms with Gasteiger partial charge in [0, 0.05) is 48.2 Å². The SMILES string of the molecule is Cc1nc(N2CC3CN(CCC(=O)O)CCC32)nc(N[C@H](C)c2ccc(Cl)cc2Cl)c1Cl. The van der Waals surface area contributed by atoms with Gasteiger partial charge in [0.1, 0.15) is 5.02 Å². The lowest BCUT2D eigenvalue weighted by Gasteiger charge is -2.53. The number of carboxylic acid groups (broad SMARTS) is 1. The fourth-order valence-electron chi connectivity index (χ4n) is 4.53. The smallest absolute Gasteiger partial charge is 0.304 e. The molecule has 3 heterocycles. The Bertz CT molecular complexity index is 1020. The first-order chi connectivity index (χ1) is 15.2. The number of nitrogens with one attached hydrogen (secondary N) is 1. The molecule has 2 N–H and O–H groups in total. The minimum atomic E-state index is -0.749. The number of benzene rings is 1. The van der Waals surface area contributed by atoms with Crippen molar-refractivity contribution in [2.45, 2.75) is 38.8 Å². The van der Waals surface area contributed by atoms with Gasteiger partial charge in [-0.15, -0.1) is 0 Å². The molecular formula is C22H26Cl3N5O2. The molecule has 3 atom stereocenters. The van der Waals surface area contributed by atoms with Gasteiger partial charge in [-0.05, 0) is 38.0 Å². The van der Waals surface area contributed by atoms with E-state index in [1.165, 1.54) is 0 Å². The fourth-order valence-corrected chi connectivity index (χ4v) is 5.24. The molecule has 2 aliphatic rings. The van der Waals surface area contributed by atoms with Gasteiger partial charge in [0.25, 0.3) is 0 Å². The first-order valence-electron chi connectivity index (χ1n) is 10.7. The third-order valence-corrected chi connectivity index (χ3v) is 7.31. The van der Waals surface area contributed by atoms with Crippen molar-refractivity contribution in [2.75, 3.05) is 36.4 Å². The predicted molar refractivity (Wildman–Crippen MR) is 128 cm³/mol. The van der Waals surface area contributed by atoms with Crippen LogP contribution in [-0.2, 0) is 4.79 Å². The highest BCUT2D eigenvalue weighted by molar-refractivity contribution is 6.35. The molecule has 0 saturated carbocycles. The molecule has 0 radical (unpaired) electrons. The van der Waals surface area contributed by atoms with Crippen LogP contribution in [0, 0.1) is 12.8 Å². The van der Waals surface area contributed by atoms with Gasteiger partial charge < -0.3 is 20.2 Å². The zero-order valence-electron chi connectivity index (χ0n) is 18.0. The number of likely N-dealkylation sites (tertiary alicyclic amines) is 1. The van der Waals surface area contributed by atoms with Crippen molar-refractivity contribution in [2.24, 2.45) is 5.92 Å². The lowest BCUT2D eigenvalue weighted by molar-refractivity contribution is -0.137. The third kappa shape index (κ3) is 4.91. The Morgan fingerprint density at radius 1 is 1.28 bits per heavy atom. The van der Waals surface area contributed by atoms with E-state index < -0.39 is 5.97 Å².